The number of primary amides is 1. The number of hydrogen-bond acceptors (Lipinski definition) is 4. The van der Waals surface area contributed by atoms with Crippen LogP contribution in [0.1, 0.15) is 0 Å². The van der Waals surface area contributed by atoms with Gasteiger partial charge >= 0.3 is 0 Å². The lowest BCUT2D eigenvalue weighted by molar-refractivity contribution is -0.119. The summed E-state index contributed by atoms with van der Waals surface area (Å²) in [5.41, 5.74) is 5.17. The van der Waals surface area contributed by atoms with Crippen LogP contribution in [-0.2, 0) is 11.8 Å². The fraction of sp³-hybridized carbons (Fsp3) is 0.600. The summed E-state index contributed by atoms with van der Waals surface area (Å²) in [6.45, 7) is 3.84. The molecular weight excluding hydrogens is 206 g/mol. The Morgan fingerprint density at radius 3 is 2.62 bits per heavy atom. The highest BCUT2D eigenvalue weighted by atomic mass is 16.1. The molecule has 6 nitrogen and oxygen atoms in total. The number of piperazine rings is 1. The lowest BCUT2D eigenvalue weighted by Gasteiger charge is -2.34. The molecule has 88 valence electrons. The van der Waals surface area contributed by atoms with Crippen molar-refractivity contribution in [3.05, 3.63) is 12.4 Å². The van der Waals surface area contributed by atoms with Gasteiger partial charge in [0.2, 0.25) is 11.9 Å². The number of carbonyl (C=O) groups excluding carboxylic acids is 1. The van der Waals surface area contributed by atoms with Gasteiger partial charge in [0, 0.05) is 45.6 Å². The molecule has 1 aromatic rings. The van der Waals surface area contributed by atoms with Crippen LogP contribution in [0.4, 0.5) is 5.95 Å². The van der Waals surface area contributed by atoms with Crippen LogP contribution in [0, 0.1) is 0 Å². The van der Waals surface area contributed by atoms with Gasteiger partial charge in [0.25, 0.3) is 0 Å². The minimum atomic E-state index is -0.259. The summed E-state index contributed by atoms with van der Waals surface area (Å²) in [6.07, 6.45) is 3.73. The molecule has 16 heavy (non-hydrogen) atoms. The highest BCUT2D eigenvalue weighted by molar-refractivity contribution is 5.75. The summed E-state index contributed by atoms with van der Waals surface area (Å²) in [4.78, 5) is 19.4. The van der Waals surface area contributed by atoms with Gasteiger partial charge in [-0.3, -0.25) is 9.69 Å². The third-order valence-electron chi connectivity index (χ3n) is 2.83. The highest BCUT2D eigenvalue weighted by Crippen LogP contribution is 2.12. The van der Waals surface area contributed by atoms with E-state index in [0.29, 0.717) is 6.54 Å². The number of rotatable bonds is 3. The molecule has 0 radical (unpaired) electrons. The van der Waals surface area contributed by atoms with Crippen molar-refractivity contribution in [1.29, 1.82) is 0 Å². The van der Waals surface area contributed by atoms with Crippen molar-refractivity contribution in [1.82, 2.24) is 14.5 Å². The number of carbonyl (C=O) groups is 1. The van der Waals surface area contributed by atoms with Crippen molar-refractivity contribution in [2.24, 2.45) is 12.8 Å². The van der Waals surface area contributed by atoms with E-state index in [4.69, 9.17) is 5.73 Å². The second kappa shape index (κ2) is 4.52. The summed E-state index contributed by atoms with van der Waals surface area (Å²) in [7, 11) is 1.98. The predicted octanol–water partition coefficient (Wildman–Crippen LogP) is -0.973. The van der Waals surface area contributed by atoms with Crippen LogP contribution in [0.5, 0.6) is 0 Å². The van der Waals surface area contributed by atoms with Crippen LogP contribution < -0.4 is 10.6 Å². The average Bonchev–Trinajstić information content (AvgIpc) is 2.65. The first-order valence-corrected chi connectivity index (χ1v) is 5.40. The molecule has 1 amide bonds. The van der Waals surface area contributed by atoms with Crippen LogP contribution in [-0.4, -0.2) is 53.1 Å². The third kappa shape index (κ3) is 2.33. The van der Waals surface area contributed by atoms with Gasteiger partial charge in [0.05, 0.1) is 6.54 Å². The second-order valence-corrected chi connectivity index (χ2v) is 4.07. The number of anilines is 1. The summed E-state index contributed by atoms with van der Waals surface area (Å²) < 4.78 is 2.00. The summed E-state index contributed by atoms with van der Waals surface area (Å²) in [5.74, 6) is 0.726. The van der Waals surface area contributed by atoms with Gasteiger partial charge in [0.15, 0.2) is 0 Å². The molecular formula is C10H17N5O. The van der Waals surface area contributed by atoms with Gasteiger partial charge in [-0.2, -0.15) is 0 Å². The molecule has 6 heteroatoms. The SMILES string of the molecule is Cn1ccnc1N1CCN(CC(N)=O)CC1. The van der Waals surface area contributed by atoms with Crippen LogP contribution in [0.3, 0.4) is 0 Å². The zero-order chi connectivity index (χ0) is 11.5. The van der Waals surface area contributed by atoms with Gasteiger partial charge in [-0.05, 0) is 0 Å². The molecule has 0 unspecified atom stereocenters. The van der Waals surface area contributed by atoms with E-state index in [0.717, 1.165) is 32.1 Å². The minimum absolute atomic E-state index is 0.259. The largest absolute Gasteiger partial charge is 0.369 e. The van der Waals surface area contributed by atoms with Gasteiger partial charge in [0.1, 0.15) is 0 Å². The molecule has 1 aliphatic rings. The van der Waals surface area contributed by atoms with E-state index >= 15 is 0 Å². The minimum Gasteiger partial charge on any atom is -0.369 e. The number of amides is 1. The number of nitrogens with two attached hydrogens (primary N) is 1. The topological polar surface area (TPSA) is 67.4 Å². The van der Waals surface area contributed by atoms with Crippen molar-refractivity contribution in [2.75, 3.05) is 37.6 Å². The molecule has 1 aliphatic heterocycles. The molecule has 0 saturated carbocycles. The van der Waals surface area contributed by atoms with Crippen LogP contribution >= 0.6 is 0 Å². The van der Waals surface area contributed by atoms with E-state index < -0.39 is 0 Å². The Hall–Kier alpha value is -1.56. The Morgan fingerprint density at radius 2 is 2.12 bits per heavy atom. The van der Waals surface area contributed by atoms with Gasteiger partial charge < -0.3 is 15.2 Å². The fourth-order valence-electron chi connectivity index (χ4n) is 1.99. The van der Waals surface area contributed by atoms with Crippen molar-refractivity contribution in [3.8, 4) is 0 Å². The first kappa shape index (κ1) is 10.9. The normalized spacial score (nSPS) is 17.7. The maximum absolute atomic E-state index is 10.8. The van der Waals surface area contributed by atoms with Crippen molar-refractivity contribution < 1.29 is 4.79 Å². The van der Waals surface area contributed by atoms with E-state index in [1.165, 1.54) is 0 Å². The Bertz CT molecular complexity index is 367. The first-order chi connectivity index (χ1) is 7.66. The summed E-state index contributed by atoms with van der Waals surface area (Å²) in [6, 6.07) is 0. The van der Waals surface area contributed by atoms with Crippen molar-refractivity contribution in [2.45, 2.75) is 0 Å². The number of nitrogens with zero attached hydrogens (tertiary/aromatic N) is 4. The number of imidazole rings is 1. The Kier molecular flexibility index (Phi) is 3.09. The zero-order valence-corrected chi connectivity index (χ0v) is 9.46. The maximum atomic E-state index is 10.8. The lowest BCUT2D eigenvalue weighted by atomic mass is 10.3. The van der Waals surface area contributed by atoms with Gasteiger partial charge in [-0.25, -0.2) is 4.98 Å². The number of hydrogen-bond donors (Lipinski definition) is 1. The van der Waals surface area contributed by atoms with Crippen LogP contribution in [0.15, 0.2) is 12.4 Å². The maximum Gasteiger partial charge on any atom is 0.231 e. The molecule has 0 spiro atoms. The molecule has 2 heterocycles. The third-order valence-corrected chi connectivity index (χ3v) is 2.83. The van der Waals surface area contributed by atoms with Gasteiger partial charge in [-0.15, -0.1) is 0 Å². The Balaban J connectivity index is 1.90. The zero-order valence-electron chi connectivity index (χ0n) is 9.46. The van der Waals surface area contributed by atoms with Crippen molar-refractivity contribution >= 4 is 11.9 Å². The smallest absolute Gasteiger partial charge is 0.231 e. The molecule has 0 aliphatic carbocycles. The average molecular weight is 223 g/mol. The Morgan fingerprint density at radius 1 is 1.44 bits per heavy atom. The van der Waals surface area contributed by atoms with Crippen LogP contribution in [0.25, 0.3) is 0 Å². The molecule has 1 saturated heterocycles. The first-order valence-electron chi connectivity index (χ1n) is 5.40. The predicted molar refractivity (Wildman–Crippen MR) is 61.1 cm³/mol. The standard InChI is InChI=1S/C10H17N5O/c1-13-3-2-12-10(13)15-6-4-14(5-7-15)8-9(11)16/h2-3H,4-8H2,1H3,(H2,11,16). The van der Waals surface area contributed by atoms with E-state index in [1.807, 2.05) is 17.8 Å². The molecule has 1 aromatic heterocycles. The van der Waals surface area contributed by atoms with E-state index in [2.05, 4.69) is 14.8 Å². The second-order valence-electron chi connectivity index (χ2n) is 4.07. The fourth-order valence-corrected chi connectivity index (χ4v) is 1.99. The molecule has 1 fully saturated rings. The van der Waals surface area contributed by atoms with E-state index in [-0.39, 0.29) is 5.91 Å². The molecule has 0 bridgehead atoms. The monoisotopic (exact) mass is 223 g/mol. The lowest BCUT2D eigenvalue weighted by Crippen LogP contribution is -2.49. The number of aryl methyl sites for hydroxylation is 1. The molecule has 0 aromatic carbocycles. The van der Waals surface area contributed by atoms with E-state index in [9.17, 15) is 4.79 Å². The van der Waals surface area contributed by atoms with Crippen molar-refractivity contribution in [3.63, 3.8) is 0 Å². The van der Waals surface area contributed by atoms with Gasteiger partial charge in [-0.1, -0.05) is 0 Å². The number of aromatic nitrogens is 2. The van der Waals surface area contributed by atoms with Crippen LogP contribution in [0.2, 0.25) is 0 Å². The molecule has 2 N–H and O–H groups in total. The quantitative estimate of drug-likeness (QED) is 0.716. The highest BCUT2D eigenvalue weighted by Gasteiger charge is 2.20. The molecule has 0 atom stereocenters. The summed E-state index contributed by atoms with van der Waals surface area (Å²) >= 11 is 0. The summed E-state index contributed by atoms with van der Waals surface area (Å²) in [5, 5.41) is 0. The Labute approximate surface area is 94.6 Å². The molecule has 2 rings (SSSR count). The van der Waals surface area contributed by atoms with E-state index in [1.54, 1.807) is 6.20 Å².